The van der Waals surface area contributed by atoms with E-state index >= 15 is 0 Å². The van der Waals surface area contributed by atoms with Crippen LogP contribution in [0.3, 0.4) is 0 Å². The molecule has 334 valence electrons. The van der Waals surface area contributed by atoms with Crippen molar-refractivity contribution in [3.05, 3.63) is 220 Å². The third-order valence-electron chi connectivity index (χ3n) is 18.3. The van der Waals surface area contributed by atoms with Crippen LogP contribution in [-0.4, -0.2) is 6.85 Å². The number of rotatable bonds is 1. The third-order valence-corrected chi connectivity index (χ3v) is 19.4. The van der Waals surface area contributed by atoms with Crippen molar-refractivity contribution < 1.29 is 0 Å². The fourth-order valence-electron chi connectivity index (χ4n) is 15.0. The number of nitrogens with zero attached hydrogens (tertiary/aromatic N) is 2. The lowest BCUT2D eigenvalue weighted by Gasteiger charge is -2.52. The number of fused-ring (bicyclic) bond motifs is 21. The highest BCUT2D eigenvalue weighted by atomic mass is 32.1. The topological polar surface area (TPSA) is 6.48 Å². The maximum atomic E-state index is 2.81. The van der Waals surface area contributed by atoms with Gasteiger partial charge in [-0.3, -0.25) is 0 Å². The van der Waals surface area contributed by atoms with Gasteiger partial charge in [0.1, 0.15) is 0 Å². The molecule has 0 saturated heterocycles. The Kier molecular flexibility index (Phi) is 7.36. The lowest BCUT2D eigenvalue weighted by Crippen LogP contribution is -2.63. The van der Waals surface area contributed by atoms with E-state index in [9.17, 15) is 0 Å². The Bertz CT molecular complexity index is 3990. The predicted molar refractivity (Wildman–Crippen MR) is 297 cm³/mol. The number of hydrogen-bond donors (Lipinski definition) is 0. The minimum Gasteiger partial charge on any atom is -0.376 e. The molecule has 3 aliphatic carbocycles. The summed E-state index contributed by atoms with van der Waals surface area (Å²) in [7, 11) is 0. The van der Waals surface area contributed by atoms with Crippen molar-refractivity contribution in [1.82, 2.24) is 0 Å². The van der Waals surface area contributed by atoms with Crippen molar-refractivity contribution in [2.24, 2.45) is 0 Å². The second-order valence-electron chi connectivity index (χ2n) is 23.0. The van der Waals surface area contributed by atoms with Crippen LogP contribution in [0.2, 0.25) is 0 Å². The molecule has 1 aromatic heterocycles. The first-order valence-electron chi connectivity index (χ1n) is 25.4. The molecule has 0 fully saturated rings. The highest BCUT2D eigenvalue weighted by Crippen LogP contribution is 2.66. The lowest BCUT2D eigenvalue weighted by atomic mass is 9.41. The SMILES string of the molecule is CC1(C)CCC(C)(C)c2cc(N3B4c5cccc6c5N(c5ccccc5C65c6ccccc6-c6ccccc65)c5c4c(cc4c5C(C)(C)c5ccccc5-4)-c4cc5c(cc43)sc3ccccc35)ccc21. The summed E-state index contributed by atoms with van der Waals surface area (Å²) in [6.07, 6.45) is 2.35. The van der Waals surface area contributed by atoms with E-state index in [2.05, 4.69) is 227 Å². The van der Waals surface area contributed by atoms with Crippen molar-refractivity contribution in [2.45, 2.75) is 76.0 Å². The van der Waals surface area contributed by atoms with Crippen LogP contribution in [0.4, 0.5) is 28.4 Å². The van der Waals surface area contributed by atoms with Crippen LogP contribution in [0.25, 0.3) is 53.6 Å². The van der Waals surface area contributed by atoms with Gasteiger partial charge in [0.2, 0.25) is 0 Å². The Morgan fingerprint density at radius 3 is 1.81 bits per heavy atom. The molecule has 0 atom stereocenters. The monoisotopic (exact) mass is 914 g/mol. The molecule has 6 aliphatic rings. The minimum absolute atomic E-state index is 0.0449. The Morgan fingerprint density at radius 1 is 0.429 bits per heavy atom. The van der Waals surface area contributed by atoms with Gasteiger partial charge < -0.3 is 9.71 Å². The van der Waals surface area contributed by atoms with Crippen molar-refractivity contribution in [3.8, 4) is 33.4 Å². The number of benzene rings is 9. The van der Waals surface area contributed by atoms with Crippen LogP contribution in [0, 0.1) is 0 Å². The van der Waals surface area contributed by atoms with Crippen molar-refractivity contribution in [3.63, 3.8) is 0 Å². The molecule has 0 amide bonds. The summed E-state index contributed by atoms with van der Waals surface area (Å²) in [4.78, 5) is 5.58. The van der Waals surface area contributed by atoms with E-state index in [-0.39, 0.29) is 23.1 Å². The Balaban J connectivity index is 1.10. The Labute approximate surface area is 415 Å². The molecule has 4 heteroatoms. The molecule has 9 aromatic carbocycles. The summed E-state index contributed by atoms with van der Waals surface area (Å²) in [5.41, 5.74) is 27.9. The Hall–Kier alpha value is -7.14. The van der Waals surface area contributed by atoms with Crippen LogP contribution in [0.1, 0.15) is 98.9 Å². The van der Waals surface area contributed by atoms with Crippen LogP contribution >= 0.6 is 11.3 Å². The number of para-hydroxylation sites is 2. The fourth-order valence-corrected chi connectivity index (χ4v) is 16.2. The fraction of sp³-hybridized carbons (Fsp3) is 0.182. The molecular weight excluding hydrogens is 864 g/mol. The third kappa shape index (κ3) is 4.60. The molecule has 0 unspecified atom stereocenters. The molecule has 70 heavy (non-hydrogen) atoms. The largest absolute Gasteiger partial charge is 0.376 e. The first-order valence-corrected chi connectivity index (χ1v) is 26.2. The van der Waals surface area contributed by atoms with Gasteiger partial charge >= 0.3 is 6.85 Å². The molecular formula is C66H51BN2S. The van der Waals surface area contributed by atoms with E-state index in [0.29, 0.717) is 0 Å². The average molecular weight is 915 g/mol. The van der Waals surface area contributed by atoms with Crippen LogP contribution in [0.15, 0.2) is 176 Å². The van der Waals surface area contributed by atoms with Crippen LogP contribution in [0.5, 0.6) is 0 Å². The van der Waals surface area contributed by atoms with E-state index < -0.39 is 5.41 Å². The molecule has 0 bridgehead atoms. The van der Waals surface area contributed by atoms with Gasteiger partial charge in [0.25, 0.3) is 0 Å². The van der Waals surface area contributed by atoms with E-state index in [4.69, 9.17) is 0 Å². The van der Waals surface area contributed by atoms with Gasteiger partial charge in [-0.05, 0) is 149 Å². The molecule has 4 heterocycles. The summed E-state index contributed by atoms with van der Waals surface area (Å²) in [6, 6.07) is 69.0. The quantitative estimate of drug-likeness (QED) is 0.151. The zero-order valence-corrected chi connectivity index (χ0v) is 41.4. The van der Waals surface area contributed by atoms with Crippen molar-refractivity contribution in [2.75, 3.05) is 9.71 Å². The van der Waals surface area contributed by atoms with Gasteiger partial charge in [0, 0.05) is 53.9 Å². The van der Waals surface area contributed by atoms with Gasteiger partial charge in [-0.25, -0.2) is 0 Å². The molecule has 0 saturated carbocycles. The highest BCUT2D eigenvalue weighted by molar-refractivity contribution is 7.25. The summed E-state index contributed by atoms with van der Waals surface area (Å²) in [5, 5.41) is 2.67. The van der Waals surface area contributed by atoms with Crippen molar-refractivity contribution >= 4 is 77.7 Å². The lowest BCUT2D eigenvalue weighted by molar-refractivity contribution is 0.332. The summed E-state index contributed by atoms with van der Waals surface area (Å²) >= 11 is 1.93. The zero-order chi connectivity index (χ0) is 46.8. The number of thiophene rings is 1. The van der Waals surface area contributed by atoms with E-state index in [1.165, 1.54) is 150 Å². The van der Waals surface area contributed by atoms with Gasteiger partial charge in [-0.2, -0.15) is 0 Å². The van der Waals surface area contributed by atoms with Gasteiger partial charge in [0.15, 0.2) is 0 Å². The van der Waals surface area contributed by atoms with E-state index in [1.807, 2.05) is 11.3 Å². The number of hydrogen-bond acceptors (Lipinski definition) is 3. The first-order chi connectivity index (χ1) is 34.0. The van der Waals surface area contributed by atoms with Gasteiger partial charge in [-0.1, -0.05) is 175 Å². The molecule has 0 N–H and O–H groups in total. The van der Waals surface area contributed by atoms with Crippen LogP contribution < -0.4 is 20.6 Å². The number of anilines is 5. The minimum atomic E-state index is -0.523. The maximum Gasteiger partial charge on any atom is 0.333 e. The second kappa shape index (κ2) is 13.0. The summed E-state index contributed by atoms with van der Waals surface area (Å²) in [6.45, 7) is 14.7. The van der Waals surface area contributed by atoms with E-state index in [1.54, 1.807) is 0 Å². The van der Waals surface area contributed by atoms with Gasteiger partial charge in [0.05, 0.1) is 11.1 Å². The molecule has 0 radical (unpaired) electrons. The average Bonchev–Trinajstić information content (AvgIpc) is 3.97. The summed E-state index contributed by atoms with van der Waals surface area (Å²) in [5.74, 6) is 0. The first kappa shape index (κ1) is 39.7. The summed E-state index contributed by atoms with van der Waals surface area (Å²) < 4.78 is 2.67. The van der Waals surface area contributed by atoms with Crippen molar-refractivity contribution in [1.29, 1.82) is 0 Å². The predicted octanol–water partition coefficient (Wildman–Crippen LogP) is 16.1. The molecule has 1 spiro atoms. The maximum absolute atomic E-state index is 2.81. The normalized spacial score (nSPS) is 17.8. The smallest absolute Gasteiger partial charge is 0.333 e. The highest BCUT2D eigenvalue weighted by Gasteiger charge is 2.57. The molecule has 16 rings (SSSR count). The zero-order valence-electron chi connectivity index (χ0n) is 40.5. The van der Waals surface area contributed by atoms with Crippen LogP contribution in [-0.2, 0) is 21.7 Å². The molecule has 2 nitrogen and oxygen atoms in total. The molecule has 3 aliphatic heterocycles. The van der Waals surface area contributed by atoms with Gasteiger partial charge in [-0.15, -0.1) is 11.3 Å². The standard InChI is InChI=1S/C66H51BN2S/c1-63(2)32-33-64(3,4)53-34-38(30-31-50(53)63)69-56-37-58-44(42-21-10-16-29-57(42)70-58)35-43(56)46-36-45-41-20-7-11-22-47(41)65(5,6)59(45)62-60(46)67(69)54-27-17-26-52-61(54)68(62)55-28-15-14-25-51(55)66(52)48-23-12-8-18-39(48)40-19-9-13-24-49(40)66/h7-31,34-37H,32-33H2,1-6H3. The van der Waals surface area contributed by atoms with E-state index in [0.717, 1.165) is 0 Å². The molecule has 10 aromatic rings. The Morgan fingerprint density at radius 2 is 1.06 bits per heavy atom. The second-order valence-corrected chi connectivity index (χ2v) is 24.0.